The molecule has 0 spiro atoms. The van der Waals surface area contributed by atoms with Gasteiger partial charge < -0.3 is 29.0 Å². The van der Waals surface area contributed by atoms with Gasteiger partial charge in [0.2, 0.25) is 5.88 Å². The monoisotopic (exact) mass is 402 g/mol. The van der Waals surface area contributed by atoms with Crippen molar-refractivity contribution in [2.24, 2.45) is 0 Å². The van der Waals surface area contributed by atoms with Gasteiger partial charge in [-0.2, -0.15) is 4.98 Å². The third-order valence-electron chi connectivity index (χ3n) is 4.51. The number of nitrogens with one attached hydrogen (secondary N) is 1. The molecule has 1 aromatic carbocycles. The van der Waals surface area contributed by atoms with E-state index in [-0.39, 0.29) is 0 Å². The molecule has 3 N–H and O–H groups in total. The highest BCUT2D eigenvalue weighted by Gasteiger charge is 2.20. The molecule has 0 saturated heterocycles. The Labute approximate surface area is 168 Å². The quantitative estimate of drug-likeness (QED) is 0.408. The average molecular weight is 402 g/mol. The van der Waals surface area contributed by atoms with Gasteiger partial charge in [-0.25, -0.2) is 4.98 Å². The van der Waals surface area contributed by atoms with Gasteiger partial charge in [-0.3, -0.25) is 5.32 Å². The second-order valence-corrected chi connectivity index (χ2v) is 6.45. The maximum absolute atomic E-state index is 9.81. The number of rotatable bonds is 11. The maximum atomic E-state index is 9.81. The summed E-state index contributed by atoms with van der Waals surface area (Å²) in [5, 5.41) is 22.0. The first-order valence-corrected chi connectivity index (χ1v) is 9.21. The van der Waals surface area contributed by atoms with E-state index >= 15 is 0 Å². The molecular weight excluding hydrogens is 376 g/mol. The van der Waals surface area contributed by atoms with E-state index < -0.39 is 18.9 Å². The number of aliphatic hydroxyl groups excluding tert-OH is 2. The Bertz CT molecular complexity index is 903. The highest BCUT2D eigenvalue weighted by atomic mass is 16.5. The van der Waals surface area contributed by atoms with Crippen LogP contribution in [0.15, 0.2) is 42.9 Å². The minimum absolute atomic E-state index is 0.294. The van der Waals surface area contributed by atoms with Crippen molar-refractivity contribution in [3.05, 3.63) is 54.0 Å². The molecule has 2 aromatic heterocycles. The largest absolute Gasteiger partial charge is 0.479 e. The number of benzene rings is 1. The molecule has 0 aliphatic rings. The van der Waals surface area contributed by atoms with Crippen LogP contribution in [-0.4, -0.2) is 57.9 Å². The Morgan fingerprint density at radius 3 is 2.66 bits per heavy atom. The van der Waals surface area contributed by atoms with Crippen LogP contribution < -0.4 is 10.1 Å². The van der Waals surface area contributed by atoms with E-state index in [1.54, 1.807) is 7.11 Å². The van der Waals surface area contributed by atoms with Crippen molar-refractivity contribution in [1.29, 1.82) is 0 Å². The molecule has 156 valence electrons. The molecular formula is C20H26N4O5. The lowest BCUT2D eigenvalue weighted by Gasteiger charge is -2.20. The van der Waals surface area contributed by atoms with E-state index in [0.29, 0.717) is 31.3 Å². The molecule has 2 heterocycles. The molecule has 0 fully saturated rings. The lowest BCUT2D eigenvalue weighted by atomic mass is 10.2. The maximum Gasteiger partial charge on any atom is 0.241 e. The van der Waals surface area contributed by atoms with Crippen LogP contribution in [0.3, 0.4) is 0 Å². The van der Waals surface area contributed by atoms with Crippen LogP contribution in [0.25, 0.3) is 11.0 Å². The first kappa shape index (κ1) is 21.2. The van der Waals surface area contributed by atoms with Crippen molar-refractivity contribution in [1.82, 2.24) is 19.9 Å². The topological polar surface area (TPSA) is 111 Å². The van der Waals surface area contributed by atoms with Crippen LogP contribution >= 0.6 is 0 Å². The average Bonchev–Trinajstić information content (AvgIpc) is 3.12. The van der Waals surface area contributed by atoms with Gasteiger partial charge in [0.05, 0.1) is 20.3 Å². The van der Waals surface area contributed by atoms with Gasteiger partial charge in [-0.15, -0.1) is 0 Å². The highest BCUT2D eigenvalue weighted by Crippen LogP contribution is 2.26. The molecule has 29 heavy (non-hydrogen) atoms. The minimum Gasteiger partial charge on any atom is -0.479 e. The van der Waals surface area contributed by atoms with Crippen LogP contribution in [0.2, 0.25) is 0 Å². The summed E-state index contributed by atoms with van der Waals surface area (Å²) < 4.78 is 18.3. The lowest BCUT2D eigenvalue weighted by molar-refractivity contribution is -0.0550. The molecule has 3 aromatic rings. The third kappa shape index (κ3) is 5.08. The van der Waals surface area contributed by atoms with Gasteiger partial charge in [0.1, 0.15) is 36.4 Å². The molecule has 0 bridgehead atoms. The number of aromatic nitrogens is 3. The zero-order valence-electron chi connectivity index (χ0n) is 16.5. The number of methoxy groups -OCH3 is 2. The van der Waals surface area contributed by atoms with Gasteiger partial charge in [-0.05, 0) is 5.56 Å². The van der Waals surface area contributed by atoms with Crippen molar-refractivity contribution < 1.29 is 24.4 Å². The summed E-state index contributed by atoms with van der Waals surface area (Å²) in [6.07, 6.45) is 1.59. The van der Waals surface area contributed by atoms with E-state index in [2.05, 4.69) is 15.3 Å². The van der Waals surface area contributed by atoms with Crippen molar-refractivity contribution in [3.63, 3.8) is 0 Å². The number of aliphatic hydroxyl groups is 2. The Hall–Kier alpha value is -2.56. The number of ether oxygens (including phenoxy) is 3. The van der Waals surface area contributed by atoms with Crippen molar-refractivity contribution in [2.75, 3.05) is 20.8 Å². The first-order valence-electron chi connectivity index (χ1n) is 9.21. The zero-order valence-corrected chi connectivity index (χ0v) is 16.5. The van der Waals surface area contributed by atoms with Crippen LogP contribution in [0.4, 0.5) is 0 Å². The standard InChI is InChI=1S/C20H26N4O5/c1-27-19(16(26)10-25)21-8-15-9-24(13-29-11-14-6-4-3-5-7-14)18-17(15)22-12-23-20(18)28-2/h3-7,9,12,16,19,21,25-26H,8,10-11,13H2,1-2H3/t16-,19+/m0/s1. The van der Waals surface area contributed by atoms with Gasteiger partial charge >= 0.3 is 0 Å². The summed E-state index contributed by atoms with van der Waals surface area (Å²) in [5.41, 5.74) is 3.36. The fourth-order valence-electron chi connectivity index (χ4n) is 3.07. The highest BCUT2D eigenvalue weighted by molar-refractivity contribution is 5.83. The summed E-state index contributed by atoms with van der Waals surface area (Å²) >= 11 is 0. The lowest BCUT2D eigenvalue weighted by Crippen LogP contribution is -2.42. The third-order valence-corrected chi connectivity index (χ3v) is 4.51. The smallest absolute Gasteiger partial charge is 0.241 e. The number of fused-ring (bicyclic) bond motifs is 1. The van der Waals surface area contributed by atoms with E-state index in [1.807, 2.05) is 41.1 Å². The molecule has 0 aliphatic carbocycles. The Balaban J connectivity index is 1.79. The molecule has 0 radical (unpaired) electrons. The molecule has 9 heteroatoms. The van der Waals surface area contributed by atoms with Gasteiger partial charge in [-0.1, -0.05) is 30.3 Å². The molecule has 0 amide bonds. The Kier molecular flexibility index (Phi) is 7.50. The second kappa shape index (κ2) is 10.3. The summed E-state index contributed by atoms with van der Waals surface area (Å²) in [7, 11) is 3.02. The molecule has 0 unspecified atom stereocenters. The second-order valence-electron chi connectivity index (χ2n) is 6.45. The molecule has 3 rings (SSSR count). The molecule has 9 nitrogen and oxygen atoms in total. The van der Waals surface area contributed by atoms with Crippen molar-refractivity contribution in [2.45, 2.75) is 32.2 Å². The van der Waals surface area contributed by atoms with Gasteiger partial charge in [0, 0.05) is 25.4 Å². The zero-order chi connectivity index (χ0) is 20.6. The predicted octanol–water partition coefficient (Wildman–Crippen LogP) is 1.03. The summed E-state index contributed by atoms with van der Waals surface area (Å²) in [4.78, 5) is 8.58. The van der Waals surface area contributed by atoms with Gasteiger partial charge in [0.15, 0.2) is 0 Å². The molecule has 0 aliphatic heterocycles. The first-order chi connectivity index (χ1) is 14.2. The fraction of sp³-hybridized carbons (Fsp3) is 0.400. The summed E-state index contributed by atoms with van der Waals surface area (Å²) in [6, 6.07) is 9.91. The molecule has 0 saturated carbocycles. The van der Waals surface area contributed by atoms with E-state index in [4.69, 9.17) is 19.3 Å². The number of hydrogen-bond acceptors (Lipinski definition) is 8. The Morgan fingerprint density at radius 2 is 1.97 bits per heavy atom. The normalized spacial score (nSPS) is 13.5. The van der Waals surface area contributed by atoms with Crippen LogP contribution in [-0.2, 0) is 29.4 Å². The van der Waals surface area contributed by atoms with Crippen LogP contribution in [0, 0.1) is 0 Å². The summed E-state index contributed by atoms with van der Waals surface area (Å²) in [5.74, 6) is 0.447. The van der Waals surface area contributed by atoms with Crippen molar-refractivity contribution in [3.8, 4) is 5.88 Å². The minimum atomic E-state index is -1.04. The van der Waals surface area contributed by atoms with Crippen LogP contribution in [0.5, 0.6) is 5.88 Å². The predicted molar refractivity (Wildman–Crippen MR) is 106 cm³/mol. The van der Waals surface area contributed by atoms with Crippen molar-refractivity contribution >= 4 is 11.0 Å². The summed E-state index contributed by atoms with van der Waals surface area (Å²) in [6.45, 7) is 0.717. The number of hydrogen-bond donors (Lipinski definition) is 3. The number of nitrogens with zero attached hydrogens (tertiary/aromatic N) is 3. The van der Waals surface area contributed by atoms with E-state index in [0.717, 1.165) is 16.6 Å². The van der Waals surface area contributed by atoms with Gasteiger partial charge in [0.25, 0.3) is 0 Å². The van der Waals surface area contributed by atoms with E-state index in [1.165, 1.54) is 13.4 Å². The fourth-order valence-corrected chi connectivity index (χ4v) is 3.07. The Morgan fingerprint density at radius 1 is 1.17 bits per heavy atom. The SMILES string of the molecule is COc1ncnc2c(CN[C@H](OC)[C@@H](O)CO)cn(COCc3ccccc3)c12. The molecule has 2 atom stereocenters. The van der Waals surface area contributed by atoms with Crippen LogP contribution in [0.1, 0.15) is 11.1 Å². The van der Waals surface area contributed by atoms with E-state index in [9.17, 15) is 5.11 Å².